The Labute approximate surface area is 117 Å². The Morgan fingerprint density at radius 1 is 1.32 bits per heavy atom. The highest BCUT2D eigenvalue weighted by Crippen LogP contribution is 2.22. The number of benzene rings is 1. The van der Waals surface area contributed by atoms with Crippen molar-refractivity contribution in [1.82, 2.24) is 9.97 Å². The first-order chi connectivity index (χ1) is 9.31. The van der Waals surface area contributed by atoms with Gasteiger partial charge in [0.25, 0.3) is 0 Å². The molecular weight excluding hydrogens is 278 g/mol. The summed E-state index contributed by atoms with van der Waals surface area (Å²) in [7, 11) is 0. The van der Waals surface area contributed by atoms with E-state index in [0.717, 1.165) is 15.2 Å². The van der Waals surface area contributed by atoms with Gasteiger partial charge in [0.05, 0.1) is 10.2 Å². The van der Waals surface area contributed by atoms with Gasteiger partial charge in [0.15, 0.2) is 5.13 Å². The minimum Gasteiger partial charge on any atom is -0.298 e. The second kappa shape index (κ2) is 5.29. The van der Waals surface area contributed by atoms with Gasteiger partial charge in [0, 0.05) is 17.7 Å². The van der Waals surface area contributed by atoms with Crippen molar-refractivity contribution in [3.05, 3.63) is 46.9 Å². The zero-order valence-corrected chi connectivity index (χ0v) is 11.4. The van der Waals surface area contributed by atoms with Crippen molar-refractivity contribution in [3.63, 3.8) is 0 Å². The van der Waals surface area contributed by atoms with E-state index < -0.39 is 0 Å². The summed E-state index contributed by atoms with van der Waals surface area (Å²) in [5, 5.41) is 5.91. The summed E-state index contributed by atoms with van der Waals surface area (Å²) >= 11 is 2.94. The summed E-state index contributed by atoms with van der Waals surface area (Å²) in [4.78, 5) is 20.1. The van der Waals surface area contributed by atoms with Gasteiger partial charge in [-0.05, 0) is 18.2 Å². The largest absolute Gasteiger partial charge is 0.298 e. The van der Waals surface area contributed by atoms with Crippen LogP contribution in [0.3, 0.4) is 0 Å². The maximum absolute atomic E-state index is 11.6. The van der Waals surface area contributed by atoms with Gasteiger partial charge in [0.2, 0.25) is 5.91 Å². The average Bonchev–Trinajstić information content (AvgIpc) is 3.04. The Morgan fingerprint density at radius 3 is 3.00 bits per heavy atom. The Morgan fingerprint density at radius 2 is 2.21 bits per heavy atom. The Kier molecular flexibility index (Phi) is 3.35. The minimum absolute atomic E-state index is 0.200. The summed E-state index contributed by atoms with van der Waals surface area (Å²) in [5.41, 5.74) is 0.951. The molecule has 0 fully saturated rings. The number of anilines is 1. The van der Waals surface area contributed by atoms with E-state index in [4.69, 9.17) is 0 Å². The molecule has 2 heterocycles. The number of aromatic nitrogens is 2. The number of para-hydroxylation sites is 1. The fourth-order valence-electron chi connectivity index (χ4n) is 1.54. The van der Waals surface area contributed by atoms with E-state index in [2.05, 4.69) is 15.3 Å². The van der Waals surface area contributed by atoms with Gasteiger partial charge in [0.1, 0.15) is 5.01 Å². The number of fused-ring (bicyclic) bond motifs is 1. The minimum atomic E-state index is -0.200. The number of amides is 1. The number of nitrogens with one attached hydrogen (secondary N) is 1. The molecule has 0 saturated carbocycles. The number of hydrogen-bond donors (Lipinski definition) is 1. The SMILES string of the molecule is O=C(/C=C/c1nc2ccccc2s1)Nc1nccs1. The topological polar surface area (TPSA) is 54.9 Å². The quantitative estimate of drug-likeness (QED) is 0.751. The Bertz CT molecular complexity index is 698. The van der Waals surface area contributed by atoms with Gasteiger partial charge < -0.3 is 0 Å². The molecule has 0 radical (unpaired) electrons. The normalized spacial score (nSPS) is 11.2. The van der Waals surface area contributed by atoms with Crippen molar-refractivity contribution in [2.75, 3.05) is 5.32 Å². The Hall–Kier alpha value is -2.05. The van der Waals surface area contributed by atoms with Crippen molar-refractivity contribution < 1.29 is 4.79 Å². The van der Waals surface area contributed by atoms with E-state index in [1.54, 1.807) is 23.6 Å². The third-order valence-electron chi connectivity index (χ3n) is 2.35. The molecule has 0 aliphatic rings. The van der Waals surface area contributed by atoms with Crippen LogP contribution in [0.5, 0.6) is 0 Å². The van der Waals surface area contributed by atoms with Gasteiger partial charge in [-0.25, -0.2) is 9.97 Å². The lowest BCUT2D eigenvalue weighted by molar-refractivity contribution is -0.111. The van der Waals surface area contributed by atoms with Crippen LogP contribution in [0.2, 0.25) is 0 Å². The number of hydrogen-bond acceptors (Lipinski definition) is 5. The van der Waals surface area contributed by atoms with Crippen molar-refractivity contribution in [3.8, 4) is 0 Å². The highest BCUT2D eigenvalue weighted by atomic mass is 32.1. The van der Waals surface area contributed by atoms with Gasteiger partial charge in [-0.1, -0.05) is 12.1 Å². The molecule has 3 rings (SSSR count). The van der Waals surface area contributed by atoms with Crippen LogP contribution in [0.1, 0.15) is 5.01 Å². The highest BCUT2D eigenvalue weighted by Gasteiger charge is 2.02. The van der Waals surface area contributed by atoms with E-state index in [-0.39, 0.29) is 5.91 Å². The molecule has 4 nitrogen and oxygen atoms in total. The smallest absolute Gasteiger partial charge is 0.250 e. The maximum Gasteiger partial charge on any atom is 0.250 e. The molecule has 0 aliphatic heterocycles. The number of thiazole rings is 2. The molecule has 1 N–H and O–H groups in total. The second-order valence-corrected chi connectivity index (χ2v) is 5.64. The van der Waals surface area contributed by atoms with E-state index in [1.807, 2.05) is 29.6 Å². The molecule has 2 aromatic heterocycles. The summed E-state index contributed by atoms with van der Waals surface area (Å²) in [5.74, 6) is -0.200. The van der Waals surface area contributed by atoms with Crippen LogP contribution >= 0.6 is 22.7 Å². The number of nitrogens with zero attached hydrogens (tertiary/aromatic N) is 2. The molecule has 1 amide bonds. The molecule has 0 spiro atoms. The summed E-state index contributed by atoms with van der Waals surface area (Å²) in [6.07, 6.45) is 4.84. The van der Waals surface area contributed by atoms with E-state index in [0.29, 0.717) is 5.13 Å². The van der Waals surface area contributed by atoms with Crippen LogP contribution in [-0.4, -0.2) is 15.9 Å². The zero-order chi connectivity index (χ0) is 13.1. The molecule has 0 atom stereocenters. The van der Waals surface area contributed by atoms with Gasteiger partial charge in [-0.3, -0.25) is 10.1 Å². The molecule has 1 aromatic carbocycles. The third-order valence-corrected chi connectivity index (χ3v) is 4.04. The number of carbonyl (C=O) groups excluding carboxylic acids is 1. The van der Waals surface area contributed by atoms with E-state index >= 15 is 0 Å². The fraction of sp³-hybridized carbons (Fsp3) is 0. The van der Waals surface area contributed by atoms with Crippen LogP contribution in [0, 0.1) is 0 Å². The van der Waals surface area contributed by atoms with Gasteiger partial charge in [-0.15, -0.1) is 22.7 Å². The lowest BCUT2D eigenvalue weighted by Gasteiger charge is -1.93. The number of rotatable bonds is 3. The van der Waals surface area contributed by atoms with Crippen LogP contribution in [-0.2, 0) is 4.79 Å². The van der Waals surface area contributed by atoms with Crippen molar-refractivity contribution in [1.29, 1.82) is 0 Å². The first kappa shape index (κ1) is 12.0. The van der Waals surface area contributed by atoms with Gasteiger partial charge >= 0.3 is 0 Å². The molecule has 3 aromatic rings. The van der Waals surface area contributed by atoms with Gasteiger partial charge in [-0.2, -0.15) is 0 Å². The second-order valence-electron chi connectivity index (χ2n) is 3.68. The van der Waals surface area contributed by atoms with Crippen molar-refractivity contribution in [2.24, 2.45) is 0 Å². The molecule has 0 bridgehead atoms. The molecule has 19 heavy (non-hydrogen) atoms. The molecule has 6 heteroatoms. The van der Waals surface area contributed by atoms with Crippen molar-refractivity contribution in [2.45, 2.75) is 0 Å². The van der Waals surface area contributed by atoms with E-state index in [9.17, 15) is 4.79 Å². The lowest BCUT2D eigenvalue weighted by Crippen LogP contribution is -2.06. The average molecular weight is 287 g/mol. The standard InChI is InChI=1S/C13H9N3OS2/c17-11(16-13-14-7-8-18-13)5-6-12-15-9-3-1-2-4-10(9)19-12/h1-8H,(H,14,16,17)/b6-5+. The predicted octanol–water partition coefficient (Wildman–Crippen LogP) is 3.40. The summed E-state index contributed by atoms with van der Waals surface area (Å²) < 4.78 is 1.11. The highest BCUT2D eigenvalue weighted by molar-refractivity contribution is 7.19. The zero-order valence-electron chi connectivity index (χ0n) is 9.74. The summed E-state index contributed by atoms with van der Waals surface area (Å²) in [6, 6.07) is 7.90. The molecular formula is C13H9N3OS2. The first-order valence-corrected chi connectivity index (χ1v) is 7.25. The van der Waals surface area contributed by atoms with Crippen LogP contribution in [0.25, 0.3) is 16.3 Å². The monoisotopic (exact) mass is 287 g/mol. The van der Waals surface area contributed by atoms with Crippen LogP contribution in [0.15, 0.2) is 41.9 Å². The number of carbonyl (C=O) groups is 1. The van der Waals surface area contributed by atoms with Crippen LogP contribution in [0.4, 0.5) is 5.13 Å². The lowest BCUT2D eigenvalue weighted by atomic mass is 10.3. The molecule has 0 saturated heterocycles. The Balaban J connectivity index is 1.73. The molecule has 0 unspecified atom stereocenters. The van der Waals surface area contributed by atoms with Crippen molar-refractivity contribution >= 4 is 50.0 Å². The molecule has 94 valence electrons. The first-order valence-electron chi connectivity index (χ1n) is 5.55. The van der Waals surface area contributed by atoms with Crippen LogP contribution < -0.4 is 5.32 Å². The summed E-state index contributed by atoms with van der Waals surface area (Å²) in [6.45, 7) is 0. The maximum atomic E-state index is 11.6. The molecule has 0 aliphatic carbocycles. The van der Waals surface area contributed by atoms with E-state index in [1.165, 1.54) is 17.4 Å². The fourth-order valence-corrected chi connectivity index (χ4v) is 2.94. The third kappa shape index (κ3) is 2.86. The predicted molar refractivity (Wildman–Crippen MR) is 79.4 cm³/mol.